The number of hydrogen-bond acceptors (Lipinski definition) is 8. The molecule has 3 N–H and O–H groups in total. The molecule has 12 unspecified atom stereocenters. The maximum Gasteiger partial charge on any atom is 0.407 e. The number of carbonyl (C=O) groups excluding carboxylic acids is 3. The van der Waals surface area contributed by atoms with E-state index < -0.39 is 18.3 Å². The summed E-state index contributed by atoms with van der Waals surface area (Å²) in [5.74, 6) is 5.91. The Hall–Kier alpha value is -4.61. The molecule has 3 aromatic rings. The monoisotopic (exact) mass is 1190 g/mol. The molecule has 3 amide bonds. The molecule has 12 atom stereocenters. The minimum absolute atomic E-state index is 0.000338. The van der Waals surface area contributed by atoms with Gasteiger partial charge in [-0.15, -0.1) is 0 Å². The molecule has 11 heteroatoms. The van der Waals surface area contributed by atoms with Crippen molar-refractivity contribution in [1.82, 2.24) is 15.5 Å². The van der Waals surface area contributed by atoms with Gasteiger partial charge in [-0.05, 0) is 177 Å². The van der Waals surface area contributed by atoms with Gasteiger partial charge in [0.25, 0.3) is 0 Å². The molecule has 4 saturated carbocycles. The first-order valence-corrected chi connectivity index (χ1v) is 35.0. The highest BCUT2D eigenvalue weighted by Gasteiger charge is 2.61. The third kappa shape index (κ3) is 18.5. The molecule has 1 aliphatic heterocycles. The summed E-state index contributed by atoms with van der Waals surface area (Å²) >= 11 is 0. The van der Waals surface area contributed by atoms with Crippen molar-refractivity contribution in [1.29, 1.82) is 0 Å². The summed E-state index contributed by atoms with van der Waals surface area (Å²) in [6.07, 6.45) is 35.3. The molecule has 0 radical (unpaired) electrons. The molecule has 1 saturated heterocycles. The third-order valence-corrected chi connectivity index (χ3v) is 22.4. The van der Waals surface area contributed by atoms with Crippen LogP contribution in [0.4, 0.5) is 4.79 Å². The molecule has 0 aromatic heterocycles. The average Bonchev–Trinajstić information content (AvgIpc) is 1.36. The average molecular weight is 1190 g/mol. The molecule has 0 spiro atoms. The van der Waals surface area contributed by atoms with E-state index in [1.54, 1.807) is 14.2 Å². The van der Waals surface area contributed by atoms with E-state index in [0.29, 0.717) is 60.8 Å². The van der Waals surface area contributed by atoms with Crippen molar-refractivity contribution in [3.63, 3.8) is 0 Å². The van der Waals surface area contributed by atoms with Crippen molar-refractivity contribution >= 4 is 17.9 Å². The van der Waals surface area contributed by atoms with Crippen molar-refractivity contribution in [3.05, 3.63) is 95.6 Å². The van der Waals surface area contributed by atoms with Crippen LogP contribution in [0.5, 0.6) is 11.5 Å². The van der Waals surface area contributed by atoms with Gasteiger partial charge in [-0.1, -0.05) is 185 Å². The Morgan fingerprint density at radius 1 is 0.605 bits per heavy atom. The van der Waals surface area contributed by atoms with Crippen LogP contribution in [0.2, 0.25) is 0 Å². The number of nitrogens with zero attached hydrogens (tertiary/aromatic N) is 1. The van der Waals surface area contributed by atoms with Crippen LogP contribution >= 0.6 is 0 Å². The van der Waals surface area contributed by atoms with E-state index in [1.165, 1.54) is 135 Å². The zero-order valence-corrected chi connectivity index (χ0v) is 54.4. The van der Waals surface area contributed by atoms with Gasteiger partial charge in [0.15, 0.2) is 0 Å². The van der Waals surface area contributed by atoms with Gasteiger partial charge in [0, 0.05) is 32.5 Å². The number of likely N-dealkylation sites (tertiary alicyclic amines) is 1. The molecule has 5 aliphatic rings. The van der Waals surface area contributed by atoms with Crippen LogP contribution < -0.4 is 20.1 Å². The number of aliphatic hydroxyl groups excluding tert-OH is 1. The van der Waals surface area contributed by atoms with E-state index in [2.05, 4.69) is 38.3 Å². The zero-order valence-electron chi connectivity index (χ0n) is 54.4. The lowest BCUT2D eigenvalue weighted by Crippen LogP contribution is -2.54. The SMILES string of the molecule is CCCCCCCCCCCCCCCCCCNC(=O)CCC(C)C1CCC2C3CCC4CC(OC(=O)NCCCCCC(=O)N5CC(O)CC5C(OC(c5ccc(OC)cc5)c5ccc(OC)cc5)c5ccccc5)CCC4(C)C3CCC12C. The van der Waals surface area contributed by atoms with Gasteiger partial charge < -0.3 is 39.6 Å². The van der Waals surface area contributed by atoms with Crippen molar-refractivity contribution in [2.24, 2.45) is 46.3 Å². The van der Waals surface area contributed by atoms with Crippen molar-refractivity contribution in [2.45, 2.75) is 264 Å². The summed E-state index contributed by atoms with van der Waals surface area (Å²) in [5.41, 5.74) is 3.48. The number of rotatable bonds is 36. The molecule has 0 bridgehead atoms. The second-order valence-corrected chi connectivity index (χ2v) is 28.0. The molecule has 4 aliphatic carbocycles. The van der Waals surface area contributed by atoms with Crippen molar-refractivity contribution < 1.29 is 38.4 Å². The van der Waals surface area contributed by atoms with Gasteiger partial charge in [0.05, 0.1) is 26.4 Å². The summed E-state index contributed by atoms with van der Waals surface area (Å²) in [4.78, 5) is 42.3. The number of ether oxygens (including phenoxy) is 4. The maximum atomic E-state index is 14.1. The number of amides is 3. The zero-order chi connectivity index (χ0) is 60.7. The molecule has 86 heavy (non-hydrogen) atoms. The Labute approximate surface area is 520 Å². The van der Waals surface area contributed by atoms with E-state index in [-0.39, 0.29) is 36.6 Å². The first-order chi connectivity index (χ1) is 41.8. The smallest absolute Gasteiger partial charge is 0.407 e. The first kappa shape index (κ1) is 67.3. The van der Waals surface area contributed by atoms with Gasteiger partial charge in [-0.25, -0.2) is 4.79 Å². The number of benzene rings is 3. The van der Waals surface area contributed by atoms with Gasteiger partial charge in [-0.2, -0.15) is 0 Å². The second kappa shape index (κ2) is 34.4. The van der Waals surface area contributed by atoms with Crippen LogP contribution in [0.1, 0.15) is 262 Å². The van der Waals surface area contributed by atoms with Crippen molar-refractivity contribution in [2.75, 3.05) is 33.9 Å². The maximum absolute atomic E-state index is 14.1. The van der Waals surface area contributed by atoms with E-state index in [1.807, 2.05) is 83.8 Å². The van der Waals surface area contributed by atoms with Gasteiger partial charge in [0.2, 0.25) is 11.8 Å². The van der Waals surface area contributed by atoms with Crippen LogP contribution in [0.3, 0.4) is 0 Å². The predicted octanol–water partition coefficient (Wildman–Crippen LogP) is 17.6. The van der Waals surface area contributed by atoms with Gasteiger partial charge >= 0.3 is 6.09 Å². The highest BCUT2D eigenvalue weighted by molar-refractivity contribution is 5.77. The number of nitrogens with one attached hydrogen (secondary N) is 2. The number of methoxy groups -OCH3 is 2. The van der Waals surface area contributed by atoms with Crippen LogP contribution in [0.25, 0.3) is 0 Å². The molecule has 8 rings (SSSR count). The highest BCUT2D eigenvalue weighted by Crippen LogP contribution is 2.68. The third-order valence-electron chi connectivity index (χ3n) is 22.4. The molecule has 3 aromatic carbocycles. The van der Waals surface area contributed by atoms with Crippen LogP contribution in [0, 0.1) is 46.3 Å². The first-order valence-electron chi connectivity index (χ1n) is 35.0. The summed E-state index contributed by atoms with van der Waals surface area (Å²) in [6, 6.07) is 25.4. The fraction of sp³-hybridized carbons (Fsp3) is 0.720. The Morgan fingerprint density at radius 2 is 1.16 bits per heavy atom. The molecular formula is C75H115N3O8. The predicted molar refractivity (Wildman–Crippen MR) is 347 cm³/mol. The van der Waals surface area contributed by atoms with Gasteiger partial charge in [0.1, 0.15) is 29.8 Å². The standard InChI is InChI=1S/C75H115N3O8/c1-7-8-9-10-11-12-13-14-15-16-17-18-19-20-21-27-50-76-69(80)45-32-55(2)65-43-44-66-64-42-37-59-52-63(46-48-74(59,3)67(64)47-49-75(65,66)4)85-73(82)77-51-28-23-26-31-70(81)78-54-60(79)53-68(78)72(56-29-24-22-25-30-56)86-71(57-33-38-61(83-5)39-34-57)58-35-40-62(84-6)41-36-58/h22,24-25,29-30,33-36,38-41,55,59-60,63-68,71-72,79H,7-21,23,26-28,31-32,37,42-54H2,1-6H3,(H,76,80)(H,77,82). The highest BCUT2D eigenvalue weighted by atomic mass is 16.6. The van der Waals surface area contributed by atoms with Crippen LogP contribution in [-0.2, 0) is 19.1 Å². The number of aliphatic hydroxyl groups is 1. The topological polar surface area (TPSA) is 136 Å². The van der Waals surface area contributed by atoms with E-state index in [0.717, 1.165) is 97.4 Å². The lowest BCUT2D eigenvalue weighted by atomic mass is 9.44. The van der Waals surface area contributed by atoms with Crippen molar-refractivity contribution in [3.8, 4) is 11.5 Å². The fourth-order valence-corrected chi connectivity index (χ4v) is 17.5. The number of β-amino-alcohol motifs (C(OH)–C–C–N with tert-alkyl or cyclic N) is 1. The minimum Gasteiger partial charge on any atom is -0.497 e. The lowest BCUT2D eigenvalue weighted by Gasteiger charge is -2.61. The Bertz CT molecular complexity index is 2410. The number of alkyl carbamates (subject to hydrolysis) is 1. The normalized spacial score (nSPS) is 26.7. The largest absolute Gasteiger partial charge is 0.497 e. The summed E-state index contributed by atoms with van der Waals surface area (Å²) in [7, 11) is 3.30. The van der Waals surface area contributed by atoms with E-state index in [9.17, 15) is 19.5 Å². The van der Waals surface area contributed by atoms with Crippen LogP contribution in [0.15, 0.2) is 78.9 Å². The summed E-state index contributed by atoms with van der Waals surface area (Å²) in [6.45, 7) is 11.6. The Morgan fingerprint density at radius 3 is 1.77 bits per heavy atom. The fourth-order valence-electron chi connectivity index (χ4n) is 17.5. The quantitative estimate of drug-likeness (QED) is 0.0490. The summed E-state index contributed by atoms with van der Waals surface area (Å²) in [5, 5.41) is 17.5. The van der Waals surface area contributed by atoms with Gasteiger partial charge in [-0.3, -0.25) is 9.59 Å². The van der Waals surface area contributed by atoms with E-state index in [4.69, 9.17) is 18.9 Å². The molecule has 11 nitrogen and oxygen atoms in total. The minimum atomic E-state index is -0.665. The van der Waals surface area contributed by atoms with E-state index >= 15 is 0 Å². The molecule has 5 fully saturated rings. The number of carbonyl (C=O) groups is 3. The Kier molecular flexibility index (Phi) is 26.9. The molecule has 478 valence electrons. The molecular weight excluding hydrogens is 1070 g/mol. The number of hydrogen-bond donors (Lipinski definition) is 3. The second-order valence-electron chi connectivity index (χ2n) is 28.0. The summed E-state index contributed by atoms with van der Waals surface area (Å²) < 4.78 is 24.3. The number of fused-ring (bicyclic) bond motifs is 5. The number of unbranched alkanes of at least 4 members (excludes halogenated alkanes) is 17. The Balaban J connectivity index is 0.706. The van der Waals surface area contributed by atoms with Crippen LogP contribution in [-0.4, -0.2) is 80.0 Å². The molecule has 1 heterocycles. The lowest BCUT2D eigenvalue weighted by molar-refractivity contribution is -0.136.